The van der Waals surface area contributed by atoms with E-state index in [1.165, 1.54) is 4.90 Å². The molecule has 5 heteroatoms. The Kier molecular flexibility index (Phi) is 5.35. The zero-order chi connectivity index (χ0) is 15.6. The molecule has 0 atom stereocenters. The van der Waals surface area contributed by atoms with Crippen LogP contribution in [-0.2, 0) is 10.0 Å². The first-order chi connectivity index (χ1) is 9.03. The summed E-state index contributed by atoms with van der Waals surface area (Å²) in [6.07, 6.45) is 0. The van der Waals surface area contributed by atoms with Crippen molar-refractivity contribution >= 4 is 10.0 Å². The van der Waals surface area contributed by atoms with Crippen LogP contribution in [0.4, 0.5) is 0 Å². The molecule has 0 aromatic heterocycles. The van der Waals surface area contributed by atoms with Crippen LogP contribution < -0.4 is 9.62 Å². The number of hydrogen-bond acceptors (Lipinski definition) is 2. The molecule has 0 aliphatic heterocycles. The van der Waals surface area contributed by atoms with E-state index in [1.54, 1.807) is 6.07 Å². The van der Waals surface area contributed by atoms with Gasteiger partial charge in [-0.1, -0.05) is 26.0 Å². The minimum atomic E-state index is -3.44. The maximum atomic E-state index is 12.4. The van der Waals surface area contributed by atoms with E-state index in [9.17, 15) is 8.42 Å². The molecule has 0 heterocycles. The molecule has 1 aromatic rings. The van der Waals surface area contributed by atoms with Crippen molar-refractivity contribution in [2.45, 2.75) is 32.6 Å². The minimum absolute atomic E-state index is 0.0797. The van der Waals surface area contributed by atoms with Crippen LogP contribution in [0.3, 0.4) is 0 Å². The van der Waals surface area contributed by atoms with Gasteiger partial charge in [-0.2, -0.15) is 0 Å². The largest absolute Gasteiger partial charge is 0.339 e. The third-order valence-electron chi connectivity index (χ3n) is 3.21. The first-order valence-electron chi connectivity index (χ1n) is 6.89. The smallest absolute Gasteiger partial charge is 0.240 e. The number of sulfonamides is 1. The Hall–Kier alpha value is -0.910. The highest BCUT2D eigenvalue weighted by molar-refractivity contribution is 7.89. The molecular formula is C15H27N2O2S+. The normalized spacial score (nSPS) is 12.9. The Bertz CT molecular complexity index is 563. The molecule has 0 spiro atoms. The predicted molar refractivity (Wildman–Crippen MR) is 82.6 cm³/mol. The van der Waals surface area contributed by atoms with E-state index in [-0.39, 0.29) is 5.41 Å². The summed E-state index contributed by atoms with van der Waals surface area (Å²) in [6, 6.07) is 5.49. The second-order valence-corrected chi connectivity index (χ2v) is 8.38. The van der Waals surface area contributed by atoms with Crippen LogP contribution >= 0.6 is 0 Å². The van der Waals surface area contributed by atoms with Gasteiger partial charge in [-0.05, 0) is 31.0 Å². The first kappa shape index (κ1) is 17.1. The van der Waals surface area contributed by atoms with Gasteiger partial charge in [-0.25, -0.2) is 13.1 Å². The van der Waals surface area contributed by atoms with E-state index in [4.69, 9.17) is 0 Å². The molecule has 0 unspecified atom stereocenters. The molecule has 0 saturated heterocycles. The highest BCUT2D eigenvalue weighted by Gasteiger charge is 2.25. The monoisotopic (exact) mass is 299 g/mol. The molecular weight excluding hydrogens is 272 g/mol. The maximum Gasteiger partial charge on any atom is 0.240 e. The molecule has 0 fully saturated rings. The Morgan fingerprint density at radius 1 is 1.20 bits per heavy atom. The van der Waals surface area contributed by atoms with Crippen molar-refractivity contribution < 1.29 is 13.3 Å². The third-order valence-corrected chi connectivity index (χ3v) is 4.75. The van der Waals surface area contributed by atoms with E-state index in [0.717, 1.165) is 17.7 Å². The molecule has 1 rings (SSSR count). The Balaban J connectivity index is 2.88. The molecule has 0 aliphatic rings. The second-order valence-electron chi connectivity index (χ2n) is 6.64. The van der Waals surface area contributed by atoms with Crippen LogP contribution in [-0.4, -0.2) is 35.6 Å². The third kappa shape index (κ3) is 4.89. The van der Waals surface area contributed by atoms with Crippen molar-refractivity contribution in [3.8, 4) is 0 Å². The molecule has 4 nitrogen and oxygen atoms in total. The summed E-state index contributed by atoms with van der Waals surface area (Å²) >= 11 is 0. The summed E-state index contributed by atoms with van der Waals surface area (Å²) < 4.78 is 27.6. The lowest BCUT2D eigenvalue weighted by Crippen LogP contribution is -3.07. The van der Waals surface area contributed by atoms with Crippen molar-refractivity contribution in [1.29, 1.82) is 0 Å². The molecule has 0 amide bonds. The fraction of sp³-hybridized carbons (Fsp3) is 0.600. The van der Waals surface area contributed by atoms with Crippen molar-refractivity contribution in [2.75, 3.05) is 27.2 Å². The average Bonchev–Trinajstić information content (AvgIpc) is 2.28. The van der Waals surface area contributed by atoms with Gasteiger partial charge in [0.2, 0.25) is 10.0 Å². The van der Waals surface area contributed by atoms with Gasteiger partial charge in [0.1, 0.15) is 0 Å². The minimum Gasteiger partial charge on any atom is -0.339 e. The summed E-state index contributed by atoms with van der Waals surface area (Å²) in [5.41, 5.74) is 1.65. The van der Waals surface area contributed by atoms with E-state index in [2.05, 4.69) is 32.7 Å². The lowest BCUT2D eigenvalue weighted by Gasteiger charge is -2.26. The standard InChI is InChI=1S/C15H26N2O2S/c1-12-7-8-13(2)14(9-12)20(18,19)16-10-15(3,4)11-17(5)6/h7-9,16H,10-11H2,1-6H3/p+1. The van der Waals surface area contributed by atoms with E-state index >= 15 is 0 Å². The van der Waals surface area contributed by atoms with Gasteiger partial charge in [0, 0.05) is 12.0 Å². The highest BCUT2D eigenvalue weighted by Crippen LogP contribution is 2.18. The summed E-state index contributed by atoms with van der Waals surface area (Å²) in [5.74, 6) is 0. The highest BCUT2D eigenvalue weighted by atomic mass is 32.2. The first-order valence-corrected chi connectivity index (χ1v) is 8.38. The number of quaternary nitrogens is 1. The Morgan fingerprint density at radius 3 is 2.35 bits per heavy atom. The molecule has 114 valence electrons. The molecule has 0 aliphatic carbocycles. The van der Waals surface area contributed by atoms with Crippen LogP contribution in [0, 0.1) is 19.3 Å². The van der Waals surface area contributed by atoms with Crippen LogP contribution in [0.2, 0.25) is 0 Å². The van der Waals surface area contributed by atoms with Crippen LogP contribution in [0.1, 0.15) is 25.0 Å². The SMILES string of the molecule is Cc1ccc(C)c(S(=O)(=O)NCC(C)(C)C[NH+](C)C)c1. The van der Waals surface area contributed by atoms with Gasteiger partial charge in [0.05, 0.1) is 25.5 Å². The van der Waals surface area contributed by atoms with Crippen LogP contribution in [0.5, 0.6) is 0 Å². The number of rotatable bonds is 6. The topological polar surface area (TPSA) is 50.6 Å². The van der Waals surface area contributed by atoms with E-state index in [0.29, 0.717) is 11.4 Å². The Morgan fingerprint density at radius 2 is 1.80 bits per heavy atom. The molecule has 0 bridgehead atoms. The van der Waals surface area contributed by atoms with Gasteiger partial charge in [0.15, 0.2) is 0 Å². The summed E-state index contributed by atoms with van der Waals surface area (Å²) in [6.45, 7) is 9.22. The number of hydrogen-bond donors (Lipinski definition) is 2. The summed E-state index contributed by atoms with van der Waals surface area (Å²) in [7, 11) is 0.699. The maximum absolute atomic E-state index is 12.4. The Labute approximate surface area is 123 Å². The van der Waals surface area contributed by atoms with Crippen molar-refractivity contribution in [1.82, 2.24) is 4.72 Å². The van der Waals surface area contributed by atoms with Crippen LogP contribution in [0.15, 0.2) is 23.1 Å². The summed E-state index contributed by atoms with van der Waals surface area (Å²) in [4.78, 5) is 1.69. The van der Waals surface area contributed by atoms with Crippen molar-refractivity contribution in [2.24, 2.45) is 5.41 Å². The molecule has 2 N–H and O–H groups in total. The predicted octanol–water partition coefficient (Wildman–Crippen LogP) is 0.752. The number of nitrogens with one attached hydrogen (secondary N) is 2. The molecule has 0 radical (unpaired) electrons. The zero-order valence-electron chi connectivity index (χ0n) is 13.4. The van der Waals surface area contributed by atoms with E-state index in [1.807, 2.05) is 26.0 Å². The average molecular weight is 299 g/mol. The van der Waals surface area contributed by atoms with Crippen molar-refractivity contribution in [3.63, 3.8) is 0 Å². The quantitative estimate of drug-likeness (QED) is 0.814. The fourth-order valence-electron chi connectivity index (χ4n) is 2.38. The lowest BCUT2D eigenvalue weighted by molar-refractivity contribution is -0.865. The lowest BCUT2D eigenvalue weighted by atomic mass is 9.93. The van der Waals surface area contributed by atoms with Crippen molar-refractivity contribution in [3.05, 3.63) is 29.3 Å². The second kappa shape index (κ2) is 6.24. The number of aryl methyl sites for hydroxylation is 2. The number of benzene rings is 1. The van der Waals surface area contributed by atoms with Gasteiger partial charge in [0.25, 0.3) is 0 Å². The van der Waals surface area contributed by atoms with Gasteiger partial charge in [-0.3, -0.25) is 0 Å². The molecule has 1 aromatic carbocycles. The molecule has 0 saturated carbocycles. The molecule has 20 heavy (non-hydrogen) atoms. The van der Waals surface area contributed by atoms with Gasteiger partial charge >= 0.3 is 0 Å². The van der Waals surface area contributed by atoms with Gasteiger partial charge in [-0.15, -0.1) is 0 Å². The summed E-state index contributed by atoms with van der Waals surface area (Å²) in [5, 5.41) is 0. The van der Waals surface area contributed by atoms with E-state index < -0.39 is 10.0 Å². The fourth-order valence-corrected chi connectivity index (χ4v) is 3.95. The van der Waals surface area contributed by atoms with Crippen LogP contribution in [0.25, 0.3) is 0 Å². The zero-order valence-corrected chi connectivity index (χ0v) is 14.2. The van der Waals surface area contributed by atoms with Gasteiger partial charge < -0.3 is 4.90 Å².